The van der Waals surface area contributed by atoms with Crippen LogP contribution in [0.25, 0.3) is 45.0 Å². The lowest BCUT2D eigenvalue weighted by atomic mass is 10.1. The number of hydrogen-bond donors (Lipinski definition) is 2. The molecule has 3 N–H and O–H groups in total. The maximum Gasteiger partial charge on any atom is 0.371 e. The summed E-state index contributed by atoms with van der Waals surface area (Å²) in [5.74, 6) is -1.44. The van der Waals surface area contributed by atoms with Crippen molar-refractivity contribution in [2.24, 2.45) is 5.73 Å². The van der Waals surface area contributed by atoms with E-state index in [1.165, 1.54) is 44.6 Å². The van der Waals surface area contributed by atoms with Gasteiger partial charge in [0.1, 0.15) is 0 Å². The number of halogens is 2. The lowest BCUT2D eigenvalue weighted by molar-refractivity contribution is 0.0592. The lowest BCUT2D eigenvalue weighted by Crippen LogP contribution is -2.11. The highest BCUT2D eigenvalue weighted by molar-refractivity contribution is 6.35. The van der Waals surface area contributed by atoms with Gasteiger partial charge >= 0.3 is 17.9 Å². The molecular weight excluding hydrogens is 729 g/mol. The first-order valence-corrected chi connectivity index (χ1v) is 16.2. The first-order valence-electron chi connectivity index (χ1n) is 15.4. The largest absolute Gasteiger partial charge is 0.475 e. The second-order valence-electron chi connectivity index (χ2n) is 11.2. The predicted octanol–water partition coefficient (Wildman–Crippen LogP) is 8.56. The molecular formula is C38H29Cl2N3O10. The molecule has 53 heavy (non-hydrogen) atoms. The van der Waals surface area contributed by atoms with Gasteiger partial charge in [-0.3, -0.25) is 4.79 Å². The number of ether oxygens (including phenoxy) is 2. The molecule has 3 heterocycles. The monoisotopic (exact) mass is 757 g/mol. The third-order valence-electron chi connectivity index (χ3n) is 7.71. The van der Waals surface area contributed by atoms with Crippen LogP contribution in [0.4, 0.5) is 0 Å². The summed E-state index contributed by atoms with van der Waals surface area (Å²) in [6, 6.07) is 23.2. The lowest BCUT2D eigenvalue weighted by Gasteiger charge is -1.99. The topological polar surface area (TPSA) is 198 Å². The summed E-state index contributed by atoms with van der Waals surface area (Å²) in [4.78, 5) is 48.1. The Labute approximate surface area is 310 Å². The zero-order valence-electron chi connectivity index (χ0n) is 28.4. The average Bonchev–Trinajstić information content (AvgIpc) is 3.95. The number of aromatic nitrogens is 2. The summed E-state index contributed by atoms with van der Waals surface area (Å²) in [6.07, 6.45) is 0. The van der Waals surface area contributed by atoms with Gasteiger partial charge in [0.05, 0.1) is 35.4 Å². The zero-order valence-corrected chi connectivity index (χ0v) is 29.9. The number of esters is 2. The Morgan fingerprint density at radius 2 is 1.19 bits per heavy atom. The molecule has 270 valence electrons. The van der Waals surface area contributed by atoms with E-state index in [-0.39, 0.29) is 11.7 Å². The SMILES string of the molecule is COC(=O)c1ccc(-c2noc(-c3cc4c(C)ccc(Cl)c4o3)n2)cc1.COC(=O)c1ccc(C(N)=O)cc1.Cc1ccc(Cl)c2oc(C(=O)O)cc12. The van der Waals surface area contributed by atoms with Crippen molar-refractivity contribution in [3.63, 3.8) is 0 Å². The number of benzene rings is 4. The standard InChI is InChI=1S/C19H13ClN2O4.C10H7ClO3.C9H9NO3/c1-10-3-8-14(20)16-13(10)9-15(25-16)18-21-17(22-26-18)11-4-6-12(7-5-11)19(23)24-2;1-5-2-3-7(11)9-6(5)4-8(14-9)10(12)13;1-13-9(12)7-4-2-6(3-5-7)8(10)11/h3-9H,1-2H3;2-4H,1H3,(H,12,13);2-5H,1H3,(H2,10,11). The quantitative estimate of drug-likeness (QED) is 0.153. The van der Waals surface area contributed by atoms with Crippen molar-refractivity contribution in [3.05, 3.63) is 129 Å². The fraction of sp³-hybridized carbons (Fsp3) is 0.105. The third-order valence-corrected chi connectivity index (χ3v) is 8.30. The Kier molecular flexibility index (Phi) is 11.6. The maximum absolute atomic E-state index is 11.5. The van der Waals surface area contributed by atoms with Crippen LogP contribution in [0, 0.1) is 13.8 Å². The number of rotatable bonds is 6. The summed E-state index contributed by atoms with van der Waals surface area (Å²) in [7, 11) is 2.63. The van der Waals surface area contributed by atoms with E-state index in [9.17, 15) is 19.2 Å². The van der Waals surface area contributed by atoms with Crippen LogP contribution in [0.15, 0.2) is 98.3 Å². The van der Waals surface area contributed by atoms with Crippen molar-refractivity contribution in [1.82, 2.24) is 10.1 Å². The molecule has 7 aromatic rings. The number of nitrogens with two attached hydrogens (primary N) is 1. The Morgan fingerprint density at radius 3 is 1.66 bits per heavy atom. The van der Waals surface area contributed by atoms with Gasteiger partial charge in [0.25, 0.3) is 5.89 Å². The molecule has 0 atom stereocenters. The fourth-order valence-electron chi connectivity index (χ4n) is 4.86. The van der Waals surface area contributed by atoms with Gasteiger partial charge in [0.15, 0.2) is 16.9 Å². The number of methoxy groups -OCH3 is 2. The van der Waals surface area contributed by atoms with E-state index < -0.39 is 23.8 Å². The second kappa shape index (κ2) is 16.3. The number of carboxylic acids is 1. The van der Waals surface area contributed by atoms with Crippen molar-refractivity contribution in [2.45, 2.75) is 13.8 Å². The molecule has 3 aromatic heterocycles. The van der Waals surface area contributed by atoms with E-state index in [4.69, 9.17) is 47.4 Å². The summed E-state index contributed by atoms with van der Waals surface area (Å²) in [5, 5.41) is 15.3. The first-order chi connectivity index (χ1) is 25.3. The first kappa shape index (κ1) is 37.8. The van der Waals surface area contributed by atoms with Crippen LogP contribution in [0.3, 0.4) is 0 Å². The van der Waals surface area contributed by atoms with Crippen molar-refractivity contribution in [3.8, 4) is 23.0 Å². The number of amides is 1. The Morgan fingerprint density at radius 1 is 0.698 bits per heavy atom. The van der Waals surface area contributed by atoms with Gasteiger partial charge in [-0.2, -0.15) is 4.98 Å². The number of carboxylic acid groups (broad SMARTS) is 1. The summed E-state index contributed by atoms with van der Waals surface area (Å²) in [6.45, 7) is 3.85. The van der Waals surface area contributed by atoms with Gasteiger partial charge in [-0.25, -0.2) is 14.4 Å². The van der Waals surface area contributed by atoms with E-state index in [1.807, 2.05) is 32.0 Å². The molecule has 0 saturated heterocycles. The van der Waals surface area contributed by atoms with Gasteiger partial charge in [0.2, 0.25) is 17.5 Å². The minimum Gasteiger partial charge on any atom is -0.475 e. The van der Waals surface area contributed by atoms with E-state index >= 15 is 0 Å². The van der Waals surface area contributed by atoms with Crippen LogP contribution in [0.5, 0.6) is 0 Å². The Bertz CT molecular complexity index is 2390. The van der Waals surface area contributed by atoms with Crippen molar-refractivity contribution in [2.75, 3.05) is 14.2 Å². The molecule has 13 nitrogen and oxygen atoms in total. The number of aryl methyl sites for hydroxylation is 2. The maximum atomic E-state index is 11.5. The molecule has 4 aromatic carbocycles. The Balaban J connectivity index is 0.000000169. The van der Waals surface area contributed by atoms with Crippen LogP contribution < -0.4 is 5.73 Å². The molecule has 7 rings (SSSR count). The van der Waals surface area contributed by atoms with Crippen LogP contribution in [0.2, 0.25) is 10.0 Å². The Hall–Kier alpha value is -6.44. The smallest absolute Gasteiger partial charge is 0.371 e. The highest BCUT2D eigenvalue weighted by atomic mass is 35.5. The van der Waals surface area contributed by atoms with Gasteiger partial charge < -0.3 is 33.7 Å². The molecule has 0 aliphatic rings. The molecule has 1 amide bonds. The van der Waals surface area contributed by atoms with Crippen LogP contribution in [-0.4, -0.2) is 53.3 Å². The number of carbonyl (C=O) groups excluding carboxylic acids is 3. The van der Waals surface area contributed by atoms with Crippen molar-refractivity contribution < 1.29 is 47.1 Å². The minimum atomic E-state index is -1.09. The summed E-state index contributed by atoms with van der Waals surface area (Å²) in [5.41, 5.74) is 9.94. The normalized spacial score (nSPS) is 10.5. The van der Waals surface area contributed by atoms with Crippen molar-refractivity contribution in [1.29, 1.82) is 0 Å². The number of nitrogens with zero attached hydrogens (tertiary/aromatic N) is 2. The highest BCUT2D eigenvalue weighted by Gasteiger charge is 2.18. The number of hydrogen-bond acceptors (Lipinski definition) is 11. The predicted molar refractivity (Wildman–Crippen MR) is 195 cm³/mol. The highest BCUT2D eigenvalue weighted by Crippen LogP contribution is 2.34. The average molecular weight is 759 g/mol. The minimum absolute atomic E-state index is 0.0869. The van der Waals surface area contributed by atoms with Gasteiger partial charge in [-0.15, -0.1) is 0 Å². The van der Waals surface area contributed by atoms with E-state index in [0.717, 1.165) is 21.9 Å². The van der Waals surface area contributed by atoms with Gasteiger partial charge in [0, 0.05) is 21.9 Å². The van der Waals surface area contributed by atoms with Crippen LogP contribution in [-0.2, 0) is 9.47 Å². The molecule has 0 saturated carbocycles. The number of primary amides is 1. The van der Waals surface area contributed by atoms with E-state index in [0.29, 0.717) is 55.0 Å². The number of fused-ring (bicyclic) bond motifs is 2. The van der Waals surface area contributed by atoms with Gasteiger partial charge in [-0.1, -0.05) is 52.6 Å². The fourth-order valence-corrected chi connectivity index (χ4v) is 5.27. The molecule has 15 heteroatoms. The molecule has 0 bridgehead atoms. The summed E-state index contributed by atoms with van der Waals surface area (Å²) < 4.78 is 25.4. The number of aromatic carboxylic acids is 1. The number of carbonyl (C=O) groups is 4. The van der Waals surface area contributed by atoms with Crippen molar-refractivity contribution >= 4 is 69.0 Å². The van der Waals surface area contributed by atoms with Gasteiger partial charge in [-0.05, 0) is 85.6 Å². The molecule has 0 aliphatic heterocycles. The molecule has 0 fully saturated rings. The number of furan rings is 2. The molecule has 0 spiro atoms. The molecule has 0 radical (unpaired) electrons. The van der Waals surface area contributed by atoms with E-state index in [1.54, 1.807) is 36.4 Å². The second-order valence-corrected chi connectivity index (χ2v) is 12.0. The summed E-state index contributed by atoms with van der Waals surface area (Å²) >= 11 is 12.0. The van der Waals surface area contributed by atoms with Crippen LogP contribution >= 0.6 is 23.2 Å². The van der Waals surface area contributed by atoms with E-state index in [2.05, 4.69) is 19.6 Å². The third kappa shape index (κ3) is 8.55. The zero-order chi connectivity index (χ0) is 38.4. The molecule has 0 unspecified atom stereocenters. The molecule has 0 aliphatic carbocycles. The van der Waals surface area contributed by atoms with Crippen LogP contribution in [0.1, 0.15) is 52.8 Å².